The molecule has 1 unspecified atom stereocenters. The molecule has 0 aliphatic heterocycles. The van der Waals surface area contributed by atoms with Gasteiger partial charge in [-0.15, -0.1) is 0 Å². The molecule has 0 rings (SSSR count). The molecule has 58 valence electrons. The zero-order valence-corrected chi connectivity index (χ0v) is 5.57. The van der Waals surface area contributed by atoms with Crippen LogP contribution < -0.4 is 5.73 Å². The second kappa shape index (κ2) is 4.75. The molecule has 0 saturated carbocycles. The van der Waals surface area contributed by atoms with E-state index < -0.39 is 12.0 Å². The van der Waals surface area contributed by atoms with Crippen molar-refractivity contribution in [3.05, 3.63) is 0 Å². The molecule has 0 aromatic heterocycles. The molecule has 0 radical (unpaired) electrons. The van der Waals surface area contributed by atoms with Gasteiger partial charge in [-0.25, -0.2) is 0 Å². The van der Waals surface area contributed by atoms with Gasteiger partial charge in [-0.2, -0.15) is 0 Å². The first-order valence-corrected chi connectivity index (χ1v) is 2.66. The third-order valence-corrected chi connectivity index (χ3v) is 0.709. The summed E-state index contributed by atoms with van der Waals surface area (Å²) in [6.45, 7) is 1.29. The van der Waals surface area contributed by atoms with Gasteiger partial charge in [0.05, 0.1) is 0 Å². The largest absolute Gasteiger partial charge is 0.430 e. The highest BCUT2D eigenvalue weighted by Gasteiger charge is 2.07. The Morgan fingerprint density at radius 3 is 2.80 bits per heavy atom. The van der Waals surface area contributed by atoms with Crippen molar-refractivity contribution in [2.24, 2.45) is 5.73 Å². The fraction of sp³-hybridized carbons (Fsp3) is 0.600. The Kier molecular flexibility index (Phi) is 4.23. The number of ether oxygens (including phenoxy) is 2. The van der Waals surface area contributed by atoms with Crippen LogP contribution in [0, 0.1) is 0 Å². The molecule has 0 amide bonds. The Morgan fingerprint density at radius 2 is 2.40 bits per heavy atom. The van der Waals surface area contributed by atoms with Crippen molar-refractivity contribution < 1.29 is 19.1 Å². The number of rotatable bonds is 4. The van der Waals surface area contributed by atoms with Gasteiger partial charge in [0.2, 0.25) is 6.79 Å². The maximum atomic E-state index is 10.5. The van der Waals surface area contributed by atoms with E-state index in [-0.39, 0.29) is 13.3 Å². The summed E-state index contributed by atoms with van der Waals surface area (Å²) in [6, 6.07) is -0.685. The topological polar surface area (TPSA) is 78.6 Å². The number of hydrogen-bond acceptors (Lipinski definition) is 5. The number of esters is 1. The van der Waals surface area contributed by atoms with E-state index in [2.05, 4.69) is 9.47 Å². The van der Waals surface area contributed by atoms with Crippen LogP contribution in [0.4, 0.5) is 0 Å². The van der Waals surface area contributed by atoms with Crippen molar-refractivity contribution in [3.63, 3.8) is 0 Å². The summed E-state index contributed by atoms with van der Waals surface area (Å²) in [5.41, 5.74) is 5.10. The first kappa shape index (κ1) is 8.90. The Labute approximate surface area is 58.1 Å². The van der Waals surface area contributed by atoms with Crippen molar-refractivity contribution in [2.75, 3.05) is 6.79 Å². The quantitative estimate of drug-likeness (QED) is 0.239. The van der Waals surface area contributed by atoms with E-state index in [0.717, 1.165) is 0 Å². The van der Waals surface area contributed by atoms with Gasteiger partial charge in [0.1, 0.15) is 6.04 Å². The molecule has 0 heterocycles. The van der Waals surface area contributed by atoms with Gasteiger partial charge in [0.25, 0.3) is 6.47 Å². The van der Waals surface area contributed by atoms with Crippen molar-refractivity contribution in [1.29, 1.82) is 0 Å². The van der Waals surface area contributed by atoms with Crippen LogP contribution in [-0.2, 0) is 19.1 Å². The molecule has 10 heavy (non-hydrogen) atoms. The smallest absolute Gasteiger partial charge is 0.325 e. The molecule has 0 aromatic rings. The molecule has 0 aliphatic carbocycles. The zero-order valence-electron chi connectivity index (χ0n) is 5.57. The summed E-state index contributed by atoms with van der Waals surface area (Å²) in [5.74, 6) is -0.596. The molecule has 0 bridgehead atoms. The lowest BCUT2D eigenvalue weighted by Gasteiger charge is -2.03. The maximum Gasteiger partial charge on any atom is 0.325 e. The van der Waals surface area contributed by atoms with Crippen LogP contribution in [0.1, 0.15) is 6.92 Å². The molecule has 1 atom stereocenters. The van der Waals surface area contributed by atoms with Crippen molar-refractivity contribution >= 4 is 12.4 Å². The van der Waals surface area contributed by atoms with Crippen LogP contribution in [-0.4, -0.2) is 25.3 Å². The molecule has 5 nitrogen and oxygen atoms in total. The Balaban J connectivity index is 3.30. The maximum absolute atomic E-state index is 10.5. The SMILES string of the molecule is CC(N)C(=O)OCOC=O. The highest BCUT2D eigenvalue weighted by molar-refractivity contribution is 5.74. The highest BCUT2D eigenvalue weighted by atomic mass is 16.7. The minimum absolute atomic E-state index is 0.189. The van der Waals surface area contributed by atoms with Crippen LogP contribution in [0.15, 0.2) is 0 Å². The van der Waals surface area contributed by atoms with Crippen LogP contribution in [0.3, 0.4) is 0 Å². The molecular weight excluding hydrogens is 138 g/mol. The minimum Gasteiger partial charge on any atom is -0.430 e. The number of nitrogens with two attached hydrogens (primary N) is 1. The van der Waals surface area contributed by atoms with Crippen LogP contribution in [0.2, 0.25) is 0 Å². The van der Waals surface area contributed by atoms with Gasteiger partial charge in [0.15, 0.2) is 0 Å². The standard InChI is InChI=1S/C5H9NO4/c1-4(6)5(8)10-3-9-2-7/h2,4H,3,6H2,1H3. The number of carbonyl (C=O) groups excluding carboxylic acids is 2. The predicted molar refractivity (Wildman–Crippen MR) is 31.8 cm³/mol. The summed E-state index contributed by atoms with van der Waals surface area (Å²) in [6.07, 6.45) is 0. The third kappa shape index (κ3) is 3.85. The van der Waals surface area contributed by atoms with E-state index in [1.807, 2.05) is 0 Å². The molecule has 0 aromatic carbocycles. The molecule has 0 fully saturated rings. The lowest BCUT2D eigenvalue weighted by atomic mass is 10.4. The van der Waals surface area contributed by atoms with E-state index in [4.69, 9.17) is 5.73 Å². The Morgan fingerprint density at radius 1 is 1.80 bits per heavy atom. The highest BCUT2D eigenvalue weighted by Crippen LogP contribution is 1.82. The Hall–Kier alpha value is -1.10. The lowest BCUT2D eigenvalue weighted by molar-refractivity contribution is -0.160. The van der Waals surface area contributed by atoms with Gasteiger partial charge in [-0.1, -0.05) is 0 Å². The second-order valence-electron chi connectivity index (χ2n) is 1.63. The summed E-state index contributed by atoms with van der Waals surface area (Å²) in [5, 5.41) is 0. The van der Waals surface area contributed by atoms with E-state index in [1.54, 1.807) is 0 Å². The molecule has 0 spiro atoms. The summed E-state index contributed by atoms with van der Waals surface area (Å²) in [4.78, 5) is 20.0. The monoisotopic (exact) mass is 147 g/mol. The minimum atomic E-state index is -0.685. The summed E-state index contributed by atoms with van der Waals surface area (Å²) in [7, 11) is 0. The molecule has 0 aliphatic rings. The van der Waals surface area contributed by atoms with E-state index in [9.17, 15) is 9.59 Å². The van der Waals surface area contributed by atoms with Crippen molar-refractivity contribution in [1.82, 2.24) is 0 Å². The van der Waals surface area contributed by atoms with E-state index >= 15 is 0 Å². The third-order valence-electron chi connectivity index (χ3n) is 0.709. The second-order valence-corrected chi connectivity index (χ2v) is 1.63. The van der Waals surface area contributed by atoms with Crippen molar-refractivity contribution in [2.45, 2.75) is 13.0 Å². The van der Waals surface area contributed by atoms with Crippen LogP contribution in [0.5, 0.6) is 0 Å². The average Bonchev–Trinajstić information content (AvgIpc) is 1.88. The molecule has 2 N–H and O–H groups in total. The van der Waals surface area contributed by atoms with Crippen molar-refractivity contribution in [3.8, 4) is 0 Å². The first-order chi connectivity index (χ1) is 4.68. The molecular formula is C5H9NO4. The fourth-order valence-corrected chi connectivity index (χ4v) is 0.251. The first-order valence-electron chi connectivity index (χ1n) is 2.66. The zero-order chi connectivity index (χ0) is 7.98. The number of hydrogen-bond donors (Lipinski definition) is 1. The van der Waals surface area contributed by atoms with E-state index in [1.165, 1.54) is 6.92 Å². The predicted octanol–water partition coefficient (Wildman–Crippen LogP) is -0.993. The van der Waals surface area contributed by atoms with Crippen LogP contribution >= 0.6 is 0 Å². The fourth-order valence-electron chi connectivity index (χ4n) is 0.251. The normalized spacial score (nSPS) is 11.8. The lowest BCUT2D eigenvalue weighted by Crippen LogP contribution is -2.29. The van der Waals surface area contributed by atoms with E-state index in [0.29, 0.717) is 0 Å². The molecule has 0 saturated heterocycles. The van der Waals surface area contributed by atoms with Gasteiger partial charge in [-0.05, 0) is 6.92 Å². The average molecular weight is 147 g/mol. The van der Waals surface area contributed by atoms with Crippen LogP contribution in [0.25, 0.3) is 0 Å². The van der Waals surface area contributed by atoms with Gasteiger partial charge in [-0.3, -0.25) is 9.59 Å². The van der Waals surface area contributed by atoms with Gasteiger partial charge in [0, 0.05) is 0 Å². The summed E-state index contributed by atoms with van der Waals surface area (Å²) < 4.78 is 8.40. The van der Waals surface area contributed by atoms with Gasteiger partial charge >= 0.3 is 5.97 Å². The summed E-state index contributed by atoms with van der Waals surface area (Å²) >= 11 is 0. The molecule has 5 heteroatoms. The van der Waals surface area contributed by atoms with Gasteiger partial charge < -0.3 is 15.2 Å². The Bertz CT molecular complexity index is 123. The number of carbonyl (C=O) groups is 2.